The van der Waals surface area contributed by atoms with Crippen LogP contribution in [0.15, 0.2) is 48.5 Å². The number of fused-ring (bicyclic) bond motifs is 2. The fourth-order valence-electron chi connectivity index (χ4n) is 6.08. The third-order valence-electron chi connectivity index (χ3n) is 8.59. The number of ether oxygens (including phenoxy) is 4. The van der Waals surface area contributed by atoms with E-state index in [1.807, 2.05) is 62.4 Å². The van der Waals surface area contributed by atoms with E-state index in [-0.39, 0.29) is 11.9 Å². The van der Waals surface area contributed by atoms with E-state index in [2.05, 4.69) is 13.8 Å². The molecule has 3 aromatic carbocycles. The highest BCUT2D eigenvalue weighted by atomic mass is 16.6. The summed E-state index contributed by atoms with van der Waals surface area (Å²) in [6.07, 6.45) is 16.0. The molecule has 6 nitrogen and oxygen atoms in total. The number of carbonyl (C=O) groups is 2. The van der Waals surface area contributed by atoms with Gasteiger partial charge in [0.15, 0.2) is 12.2 Å². The lowest BCUT2D eigenvalue weighted by Crippen LogP contribution is -2.30. The molecule has 0 N–H and O–H groups in total. The van der Waals surface area contributed by atoms with Crippen LogP contribution in [0.25, 0.3) is 21.5 Å². The number of hydrogen-bond acceptors (Lipinski definition) is 6. The lowest BCUT2D eigenvalue weighted by atomic mass is 9.99. The lowest BCUT2D eigenvalue weighted by Gasteiger charge is -2.24. The van der Waals surface area contributed by atoms with Gasteiger partial charge < -0.3 is 18.9 Å². The number of carbonyl (C=O) groups excluding carboxylic acids is 2. The highest BCUT2D eigenvalue weighted by molar-refractivity contribution is 6.11. The normalized spacial score (nSPS) is 12.6. The molecule has 0 aliphatic heterocycles. The van der Waals surface area contributed by atoms with Crippen LogP contribution in [0.2, 0.25) is 0 Å². The van der Waals surface area contributed by atoms with Gasteiger partial charge in [-0.2, -0.15) is 0 Å². The molecule has 0 spiro atoms. The Balaban J connectivity index is 1.90. The van der Waals surface area contributed by atoms with Gasteiger partial charge in [-0.3, -0.25) is 0 Å². The second-order valence-electron chi connectivity index (χ2n) is 12.3. The average Bonchev–Trinajstić information content (AvgIpc) is 3.07. The largest absolute Gasteiger partial charge is 0.477 e. The molecule has 0 bridgehead atoms. The van der Waals surface area contributed by atoms with Gasteiger partial charge in [-0.1, -0.05) is 139 Å². The van der Waals surface area contributed by atoms with Gasteiger partial charge in [-0.25, -0.2) is 9.59 Å². The van der Waals surface area contributed by atoms with E-state index in [1.165, 1.54) is 51.4 Å². The zero-order chi connectivity index (χ0) is 33.0. The molecule has 2 atom stereocenters. The zero-order valence-corrected chi connectivity index (χ0v) is 29.0. The molecule has 0 aliphatic carbocycles. The molecule has 6 heteroatoms. The van der Waals surface area contributed by atoms with Crippen molar-refractivity contribution in [2.45, 2.75) is 143 Å². The maximum absolute atomic E-state index is 13.1. The average molecular weight is 635 g/mol. The van der Waals surface area contributed by atoms with Gasteiger partial charge in [-0.05, 0) is 39.5 Å². The fourth-order valence-corrected chi connectivity index (χ4v) is 6.08. The molecule has 0 amide bonds. The summed E-state index contributed by atoms with van der Waals surface area (Å²) in [7, 11) is 0. The van der Waals surface area contributed by atoms with E-state index in [0.717, 1.165) is 60.1 Å². The van der Waals surface area contributed by atoms with Crippen molar-refractivity contribution in [2.24, 2.45) is 0 Å². The van der Waals surface area contributed by atoms with Crippen LogP contribution in [0.1, 0.15) is 130 Å². The maximum atomic E-state index is 13.1. The summed E-state index contributed by atoms with van der Waals surface area (Å²) < 4.78 is 24.2. The molecule has 46 heavy (non-hydrogen) atoms. The second kappa shape index (κ2) is 21.5. The lowest BCUT2D eigenvalue weighted by molar-refractivity contribution is -0.152. The third kappa shape index (κ3) is 11.5. The van der Waals surface area contributed by atoms with Crippen molar-refractivity contribution in [3.63, 3.8) is 0 Å². The summed E-state index contributed by atoms with van der Waals surface area (Å²) >= 11 is 0. The van der Waals surface area contributed by atoms with Crippen LogP contribution in [0.4, 0.5) is 0 Å². The Labute approximate surface area is 277 Å². The van der Waals surface area contributed by atoms with Crippen LogP contribution in [-0.4, -0.2) is 37.4 Å². The van der Waals surface area contributed by atoms with E-state index in [1.54, 1.807) is 0 Å². The highest BCUT2D eigenvalue weighted by Gasteiger charge is 2.27. The first-order valence-corrected chi connectivity index (χ1v) is 18.2. The highest BCUT2D eigenvalue weighted by Crippen LogP contribution is 2.44. The summed E-state index contributed by atoms with van der Waals surface area (Å²) in [5.41, 5.74) is 0. The number of esters is 2. The quantitative estimate of drug-likeness (QED) is 0.0555. The Kier molecular flexibility index (Phi) is 17.4. The summed E-state index contributed by atoms with van der Waals surface area (Å²) in [5, 5.41) is 3.35. The molecular weight excluding hydrogens is 576 g/mol. The number of rotatable bonds is 24. The van der Waals surface area contributed by atoms with Gasteiger partial charge in [0.05, 0.1) is 13.2 Å². The Hall–Kier alpha value is -3.28. The number of hydrogen-bond donors (Lipinski definition) is 0. The number of benzene rings is 3. The van der Waals surface area contributed by atoms with E-state index in [9.17, 15) is 9.59 Å². The minimum absolute atomic E-state index is 0.304. The topological polar surface area (TPSA) is 71.1 Å². The molecule has 0 aromatic heterocycles. The molecule has 2 unspecified atom stereocenters. The van der Waals surface area contributed by atoms with Crippen molar-refractivity contribution in [1.82, 2.24) is 0 Å². The van der Waals surface area contributed by atoms with Gasteiger partial charge >= 0.3 is 11.9 Å². The SMILES string of the molecule is CCCCCCCCCC(Oc1c2ccccc2c(OC(CCCCCCCCC)C(=O)OCC)c2ccccc12)C(=O)OCC. The Morgan fingerprint density at radius 1 is 0.478 bits per heavy atom. The minimum Gasteiger partial charge on any atom is -0.477 e. The van der Waals surface area contributed by atoms with Gasteiger partial charge in [0.25, 0.3) is 0 Å². The van der Waals surface area contributed by atoms with Crippen molar-refractivity contribution < 1.29 is 28.5 Å². The zero-order valence-electron chi connectivity index (χ0n) is 29.0. The van der Waals surface area contributed by atoms with Crippen LogP contribution < -0.4 is 9.47 Å². The summed E-state index contributed by atoms with van der Waals surface area (Å²) in [6, 6.07) is 15.8. The van der Waals surface area contributed by atoms with Gasteiger partial charge in [0.1, 0.15) is 11.5 Å². The molecular formula is C40H58O6. The molecule has 3 aromatic rings. The van der Waals surface area contributed by atoms with E-state index in [0.29, 0.717) is 37.6 Å². The van der Waals surface area contributed by atoms with E-state index < -0.39 is 12.2 Å². The van der Waals surface area contributed by atoms with Crippen LogP contribution in [0.5, 0.6) is 11.5 Å². The van der Waals surface area contributed by atoms with Crippen molar-refractivity contribution in [1.29, 1.82) is 0 Å². The Morgan fingerprint density at radius 3 is 1.09 bits per heavy atom. The second-order valence-corrected chi connectivity index (χ2v) is 12.3. The molecule has 254 valence electrons. The van der Waals surface area contributed by atoms with Gasteiger partial charge in [-0.15, -0.1) is 0 Å². The first-order chi connectivity index (χ1) is 22.5. The predicted molar refractivity (Wildman–Crippen MR) is 189 cm³/mol. The third-order valence-corrected chi connectivity index (χ3v) is 8.59. The summed E-state index contributed by atoms with van der Waals surface area (Å²) in [4.78, 5) is 26.3. The maximum Gasteiger partial charge on any atom is 0.347 e. The van der Waals surface area contributed by atoms with Crippen LogP contribution >= 0.6 is 0 Å². The van der Waals surface area contributed by atoms with E-state index >= 15 is 0 Å². The molecule has 3 rings (SSSR count). The van der Waals surface area contributed by atoms with Crippen LogP contribution in [0, 0.1) is 0 Å². The van der Waals surface area contributed by atoms with Crippen LogP contribution in [0.3, 0.4) is 0 Å². The van der Waals surface area contributed by atoms with Crippen LogP contribution in [-0.2, 0) is 19.1 Å². The smallest absolute Gasteiger partial charge is 0.347 e. The minimum atomic E-state index is -0.709. The van der Waals surface area contributed by atoms with Crippen molar-refractivity contribution in [3.8, 4) is 11.5 Å². The molecule has 0 saturated heterocycles. The van der Waals surface area contributed by atoms with Crippen molar-refractivity contribution in [3.05, 3.63) is 48.5 Å². The monoisotopic (exact) mass is 634 g/mol. The Bertz CT molecular complexity index is 1160. The standard InChI is InChI=1S/C40H58O6/c1-5-9-11-13-15-17-19-29-35(39(41)43-7-3)45-37-31-25-21-23-27-33(31)38(34-28-24-22-26-32(34)37)46-36(40(42)44-8-4)30-20-18-16-14-12-10-6-2/h21-28,35-36H,5-20,29-30H2,1-4H3. The van der Waals surface area contributed by atoms with Crippen molar-refractivity contribution >= 4 is 33.5 Å². The Morgan fingerprint density at radius 2 is 0.783 bits per heavy atom. The summed E-state index contributed by atoms with van der Waals surface area (Å²) in [5.74, 6) is 0.608. The first-order valence-electron chi connectivity index (χ1n) is 18.2. The van der Waals surface area contributed by atoms with Gasteiger partial charge in [0, 0.05) is 21.5 Å². The molecule has 0 radical (unpaired) electrons. The van der Waals surface area contributed by atoms with E-state index in [4.69, 9.17) is 18.9 Å². The molecule has 0 saturated carbocycles. The number of unbranched alkanes of at least 4 members (excludes halogenated alkanes) is 12. The molecule has 0 aliphatic rings. The fraction of sp³-hybridized carbons (Fsp3) is 0.600. The summed E-state index contributed by atoms with van der Waals surface area (Å²) in [6.45, 7) is 8.71. The first kappa shape index (κ1) is 37.2. The molecule has 0 heterocycles. The van der Waals surface area contributed by atoms with Gasteiger partial charge in [0.2, 0.25) is 0 Å². The molecule has 0 fully saturated rings. The predicted octanol–water partition coefficient (Wildman–Crippen LogP) is 10.9. The van der Waals surface area contributed by atoms with Crippen molar-refractivity contribution in [2.75, 3.05) is 13.2 Å².